The minimum absolute atomic E-state index is 0.248. The van der Waals surface area contributed by atoms with E-state index < -0.39 is 5.92 Å². The highest BCUT2D eigenvalue weighted by molar-refractivity contribution is 6.18. The lowest BCUT2D eigenvalue weighted by Crippen LogP contribution is -2.35. The van der Waals surface area contributed by atoms with E-state index in [9.17, 15) is 9.59 Å². The van der Waals surface area contributed by atoms with Crippen LogP contribution in [0.5, 0.6) is 0 Å². The average Bonchev–Trinajstić information content (AvgIpc) is 3.02. The van der Waals surface area contributed by atoms with Crippen molar-refractivity contribution in [2.75, 3.05) is 31.3 Å². The van der Waals surface area contributed by atoms with Gasteiger partial charge in [-0.25, -0.2) is 5.01 Å². The van der Waals surface area contributed by atoms with Gasteiger partial charge in [-0.05, 0) is 30.8 Å². The molecule has 1 saturated heterocycles. The van der Waals surface area contributed by atoms with Gasteiger partial charge in [-0.1, -0.05) is 62.4 Å². The summed E-state index contributed by atoms with van der Waals surface area (Å²) in [5.41, 5.74) is 3.99. The molecule has 1 aliphatic heterocycles. The van der Waals surface area contributed by atoms with Crippen LogP contribution in [-0.2, 0) is 9.59 Å². The van der Waals surface area contributed by atoms with Crippen LogP contribution >= 0.6 is 0 Å². The predicted octanol–water partition coefficient (Wildman–Crippen LogP) is 2.17. The molecular formula is C21H27N3O3. The number of benzene rings is 2. The summed E-state index contributed by atoms with van der Waals surface area (Å²) in [6, 6.07) is 18.2. The molecule has 0 saturated carbocycles. The molecule has 1 unspecified atom stereocenters. The molecule has 27 heavy (non-hydrogen) atoms. The van der Waals surface area contributed by atoms with E-state index in [2.05, 4.69) is 24.2 Å². The number of nitrogens with zero attached hydrogens (tertiary/aromatic N) is 2. The Kier molecular flexibility index (Phi) is 7.98. The molecule has 1 fully saturated rings. The Balaban J connectivity index is 0.000000279. The van der Waals surface area contributed by atoms with E-state index in [1.54, 1.807) is 24.3 Å². The Morgan fingerprint density at radius 2 is 1.52 bits per heavy atom. The monoisotopic (exact) mass is 369 g/mol. The number of aliphatic hydroxyl groups excluding tert-OH is 1. The first kappa shape index (κ1) is 20.6. The molecule has 144 valence electrons. The Morgan fingerprint density at radius 3 is 2.00 bits per heavy atom. The minimum atomic E-state index is -0.763. The lowest BCUT2D eigenvalue weighted by molar-refractivity contribution is -0.124. The second-order valence-electron chi connectivity index (χ2n) is 6.08. The first-order valence-corrected chi connectivity index (χ1v) is 9.20. The Bertz CT molecular complexity index is 718. The number of aliphatic hydroxyl groups is 1. The van der Waals surface area contributed by atoms with Crippen molar-refractivity contribution in [2.45, 2.75) is 19.8 Å². The number of carbonyl (C=O) groups is 2. The molecule has 3 rings (SSSR count). The summed E-state index contributed by atoms with van der Waals surface area (Å²) >= 11 is 0. The maximum Gasteiger partial charge on any atom is 0.262 e. The summed E-state index contributed by atoms with van der Waals surface area (Å²) in [4.78, 5) is 26.5. The van der Waals surface area contributed by atoms with Crippen LogP contribution in [0.2, 0.25) is 0 Å². The maximum absolute atomic E-state index is 12.4. The van der Waals surface area contributed by atoms with Crippen LogP contribution in [0.3, 0.4) is 0 Å². The third kappa shape index (κ3) is 5.39. The Hall–Kier alpha value is -2.70. The van der Waals surface area contributed by atoms with Gasteiger partial charge in [-0.15, -0.1) is 0 Å². The van der Waals surface area contributed by atoms with Gasteiger partial charge in [-0.2, -0.15) is 0 Å². The molecule has 0 radical (unpaired) electrons. The van der Waals surface area contributed by atoms with Crippen molar-refractivity contribution in [3.05, 3.63) is 66.2 Å². The van der Waals surface area contributed by atoms with Gasteiger partial charge in [0, 0.05) is 6.54 Å². The SMILES string of the molecule is CCN(CC)CCO.O=C1NN(c2ccccc2)C(=O)C1c1ccccc1. The van der Waals surface area contributed by atoms with Crippen LogP contribution in [0.25, 0.3) is 0 Å². The van der Waals surface area contributed by atoms with Gasteiger partial charge in [0.05, 0.1) is 12.3 Å². The molecule has 1 atom stereocenters. The van der Waals surface area contributed by atoms with Gasteiger partial charge < -0.3 is 10.0 Å². The molecular weight excluding hydrogens is 342 g/mol. The number of amides is 2. The number of hydrogen-bond acceptors (Lipinski definition) is 4. The minimum Gasteiger partial charge on any atom is -0.395 e. The third-order valence-corrected chi connectivity index (χ3v) is 4.41. The van der Waals surface area contributed by atoms with Crippen LogP contribution in [0.15, 0.2) is 60.7 Å². The fourth-order valence-electron chi connectivity index (χ4n) is 2.86. The second kappa shape index (κ2) is 10.4. The molecule has 2 aromatic carbocycles. The fraction of sp³-hybridized carbons (Fsp3) is 0.333. The zero-order valence-electron chi connectivity index (χ0n) is 15.8. The number of para-hydroxylation sites is 1. The molecule has 0 bridgehead atoms. The van der Waals surface area contributed by atoms with Crippen LogP contribution < -0.4 is 10.4 Å². The van der Waals surface area contributed by atoms with Gasteiger partial charge in [0.1, 0.15) is 5.92 Å². The summed E-state index contributed by atoms with van der Waals surface area (Å²) in [6.07, 6.45) is 0. The van der Waals surface area contributed by atoms with E-state index in [1.807, 2.05) is 36.4 Å². The number of hydrogen-bond donors (Lipinski definition) is 2. The van der Waals surface area contributed by atoms with Crippen molar-refractivity contribution in [1.82, 2.24) is 10.3 Å². The summed E-state index contributed by atoms with van der Waals surface area (Å²) in [6.45, 7) is 7.36. The number of hydrazine groups is 1. The fourth-order valence-corrected chi connectivity index (χ4v) is 2.86. The first-order valence-electron chi connectivity index (χ1n) is 9.20. The smallest absolute Gasteiger partial charge is 0.262 e. The van der Waals surface area contributed by atoms with Gasteiger partial charge in [-0.3, -0.25) is 15.0 Å². The van der Waals surface area contributed by atoms with E-state index in [-0.39, 0.29) is 18.4 Å². The van der Waals surface area contributed by atoms with Crippen molar-refractivity contribution in [1.29, 1.82) is 0 Å². The number of rotatable bonds is 6. The molecule has 0 aliphatic carbocycles. The zero-order valence-corrected chi connectivity index (χ0v) is 15.8. The lowest BCUT2D eigenvalue weighted by atomic mass is 9.99. The maximum atomic E-state index is 12.4. The van der Waals surface area contributed by atoms with Crippen molar-refractivity contribution in [3.8, 4) is 0 Å². The van der Waals surface area contributed by atoms with Crippen molar-refractivity contribution < 1.29 is 14.7 Å². The third-order valence-electron chi connectivity index (χ3n) is 4.41. The predicted molar refractivity (Wildman–Crippen MR) is 106 cm³/mol. The molecule has 2 N–H and O–H groups in total. The topological polar surface area (TPSA) is 72.9 Å². The van der Waals surface area contributed by atoms with E-state index >= 15 is 0 Å². The van der Waals surface area contributed by atoms with Crippen LogP contribution in [0.4, 0.5) is 5.69 Å². The Labute approximate surface area is 160 Å². The largest absolute Gasteiger partial charge is 0.395 e. The Morgan fingerprint density at radius 1 is 0.963 bits per heavy atom. The van der Waals surface area contributed by atoms with Gasteiger partial charge in [0.15, 0.2) is 0 Å². The van der Waals surface area contributed by atoms with E-state index in [0.29, 0.717) is 11.3 Å². The molecule has 6 heteroatoms. The van der Waals surface area contributed by atoms with E-state index in [1.165, 1.54) is 5.01 Å². The summed E-state index contributed by atoms with van der Waals surface area (Å²) in [5.74, 6) is -1.30. The lowest BCUT2D eigenvalue weighted by Gasteiger charge is -2.15. The normalized spacial score (nSPS) is 16.1. The summed E-state index contributed by atoms with van der Waals surface area (Å²) in [7, 11) is 0. The molecule has 2 amide bonds. The highest BCUT2D eigenvalue weighted by Gasteiger charge is 2.40. The first-order chi connectivity index (χ1) is 13.1. The summed E-state index contributed by atoms with van der Waals surface area (Å²) < 4.78 is 0. The van der Waals surface area contributed by atoms with Gasteiger partial charge >= 0.3 is 0 Å². The quantitative estimate of drug-likeness (QED) is 0.766. The van der Waals surface area contributed by atoms with Crippen molar-refractivity contribution >= 4 is 17.5 Å². The highest BCUT2D eigenvalue weighted by atomic mass is 16.3. The van der Waals surface area contributed by atoms with Crippen LogP contribution in [0.1, 0.15) is 25.3 Å². The second-order valence-corrected chi connectivity index (χ2v) is 6.08. The van der Waals surface area contributed by atoms with Gasteiger partial charge in [0.2, 0.25) is 0 Å². The summed E-state index contributed by atoms with van der Waals surface area (Å²) in [5, 5.41) is 9.76. The van der Waals surface area contributed by atoms with Crippen molar-refractivity contribution in [2.24, 2.45) is 0 Å². The standard InChI is InChI=1S/C15H12N2O2.C6H15NO/c18-14-13(11-7-3-1-4-8-11)15(19)17(16-14)12-9-5-2-6-10-12;1-3-7(4-2)5-6-8/h1-10,13H,(H,16,18);8H,3-6H2,1-2H3. The molecule has 6 nitrogen and oxygen atoms in total. The number of carbonyl (C=O) groups excluding carboxylic acids is 2. The molecule has 0 aromatic heterocycles. The molecule has 1 aliphatic rings. The zero-order chi connectivity index (χ0) is 19.6. The van der Waals surface area contributed by atoms with Crippen molar-refractivity contribution in [3.63, 3.8) is 0 Å². The molecule has 2 aromatic rings. The van der Waals surface area contributed by atoms with E-state index in [4.69, 9.17) is 5.11 Å². The number of nitrogens with one attached hydrogen (secondary N) is 1. The molecule has 0 spiro atoms. The number of likely N-dealkylation sites (N-methyl/N-ethyl adjacent to an activating group) is 1. The van der Waals surface area contributed by atoms with E-state index in [0.717, 1.165) is 19.6 Å². The molecule has 1 heterocycles. The van der Waals surface area contributed by atoms with Crippen LogP contribution in [-0.4, -0.2) is 48.1 Å². The number of anilines is 1. The highest BCUT2D eigenvalue weighted by Crippen LogP contribution is 2.26. The van der Waals surface area contributed by atoms with Crippen LogP contribution in [0, 0.1) is 0 Å². The van der Waals surface area contributed by atoms with Gasteiger partial charge in [0.25, 0.3) is 11.8 Å². The average molecular weight is 369 g/mol.